The Morgan fingerprint density at radius 2 is 1.76 bits per heavy atom. The van der Waals surface area contributed by atoms with E-state index in [4.69, 9.17) is 0 Å². The van der Waals surface area contributed by atoms with Crippen molar-refractivity contribution in [3.05, 3.63) is 89.5 Å². The molecule has 3 aromatic rings. The molecule has 196 valence electrons. The van der Waals surface area contributed by atoms with Crippen LogP contribution in [0.25, 0.3) is 0 Å². The number of carbonyl (C=O) groups is 1. The van der Waals surface area contributed by atoms with E-state index in [1.165, 1.54) is 22.8 Å². The normalized spacial score (nSPS) is 16.8. The van der Waals surface area contributed by atoms with Crippen LogP contribution in [0, 0.1) is 19.8 Å². The average molecular weight is 520 g/mol. The van der Waals surface area contributed by atoms with Crippen LogP contribution in [0.3, 0.4) is 0 Å². The maximum absolute atomic E-state index is 13.6. The fourth-order valence-corrected chi connectivity index (χ4v) is 6.51. The molecule has 4 rings (SSSR count). The molecule has 37 heavy (non-hydrogen) atoms. The number of sulfonamides is 1. The summed E-state index contributed by atoms with van der Waals surface area (Å²) in [6.45, 7) is 9.85. The number of aryl methyl sites for hydroxylation is 2. The molecule has 0 saturated carbocycles. The van der Waals surface area contributed by atoms with E-state index in [0.717, 1.165) is 29.8 Å². The van der Waals surface area contributed by atoms with Crippen LogP contribution in [0.4, 0.5) is 11.4 Å². The zero-order chi connectivity index (χ0) is 26.6. The molecule has 0 radical (unpaired) electrons. The number of amides is 1. The minimum Gasteiger partial charge on any atom is -0.371 e. The van der Waals surface area contributed by atoms with Crippen molar-refractivity contribution in [3.63, 3.8) is 0 Å². The molecule has 6 nitrogen and oxygen atoms in total. The summed E-state index contributed by atoms with van der Waals surface area (Å²) >= 11 is 0. The number of hydrogen-bond donors (Lipinski definition) is 1. The number of piperidine rings is 1. The molecule has 1 N–H and O–H groups in total. The molecule has 1 saturated heterocycles. The average Bonchev–Trinajstić information content (AvgIpc) is 2.88. The minimum absolute atomic E-state index is 0.151. The minimum atomic E-state index is -3.94. The van der Waals surface area contributed by atoms with E-state index in [1.807, 2.05) is 45.0 Å². The highest BCUT2D eigenvalue weighted by atomic mass is 32.2. The quantitative estimate of drug-likeness (QED) is 0.420. The zero-order valence-corrected chi connectivity index (χ0v) is 23.0. The number of carbonyl (C=O) groups excluding carboxylic acids is 1. The van der Waals surface area contributed by atoms with Gasteiger partial charge in [0.15, 0.2) is 0 Å². The summed E-state index contributed by atoms with van der Waals surface area (Å²) in [5, 5.41) is 3.00. The second-order valence-corrected chi connectivity index (χ2v) is 12.1. The number of anilines is 2. The number of nitrogens with one attached hydrogen (secondary N) is 1. The monoisotopic (exact) mass is 519 g/mol. The second kappa shape index (κ2) is 11.4. The number of rotatable bonds is 8. The topological polar surface area (TPSA) is 69.7 Å². The predicted octanol–water partition coefficient (Wildman–Crippen LogP) is 5.61. The molecular weight excluding hydrogens is 482 g/mol. The van der Waals surface area contributed by atoms with Crippen molar-refractivity contribution in [1.82, 2.24) is 5.32 Å². The molecule has 0 spiro atoms. The van der Waals surface area contributed by atoms with Gasteiger partial charge in [0.1, 0.15) is 6.54 Å². The molecule has 0 aromatic heterocycles. The molecule has 0 aliphatic carbocycles. The van der Waals surface area contributed by atoms with Crippen molar-refractivity contribution in [1.29, 1.82) is 0 Å². The van der Waals surface area contributed by atoms with Crippen molar-refractivity contribution >= 4 is 27.3 Å². The molecule has 2 atom stereocenters. The SMILES string of the molecule is Cc1ccc(N(CC(=O)NC(C)c2ccc(N3CCCC(C)C3)cc2)S(=O)(=O)c2ccccc2)c(C)c1. The molecule has 7 heteroatoms. The first kappa shape index (κ1) is 26.7. The van der Waals surface area contributed by atoms with Gasteiger partial charge >= 0.3 is 0 Å². The fourth-order valence-electron chi connectivity index (χ4n) is 5.00. The van der Waals surface area contributed by atoms with Crippen LogP contribution in [-0.2, 0) is 14.8 Å². The molecular formula is C30H37N3O3S. The Morgan fingerprint density at radius 3 is 2.41 bits per heavy atom. The van der Waals surface area contributed by atoms with Gasteiger partial charge in [0, 0.05) is 18.8 Å². The van der Waals surface area contributed by atoms with Crippen LogP contribution >= 0.6 is 0 Å². The summed E-state index contributed by atoms with van der Waals surface area (Å²) in [4.78, 5) is 15.8. The molecule has 2 unspecified atom stereocenters. The van der Waals surface area contributed by atoms with Gasteiger partial charge in [0.2, 0.25) is 5.91 Å². The summed E-state index contributed by atoms with van der Waals surface area (Å²) in [5.74, 6) is 0.333. The van der Waals surface area contributed by atoms with Gasteiger partial charge in [-0.05, 0) is 81.0 Å². The van der Waals surface area contributed by atoms with Crippen molar-refractivity contribution in [2.75, 3.05) is 28.8 Å². The Labute approximate surface area is 221 Å². The zero-order valence-electron chi connectivity index (χ0n) is 22.1. The van der Waals surface area contributed by atoms with Crippen LogP contribution in [0.5, 0.6) is 0 Å². The van der Waals surface area contributed by atoms with Crippen molar-refractivity contribution < 1.29 is 13.2 Å². The van der Waals surface area contributed by atoms with Crippen LogP contribution < -0.4 is 14.5 Å². The Morgan fingerprint density at radius 1 is 1.05 bits per heavy atom. The smallest absolute Gasteiger partial charge is 0.264 e. The number of hydrogen-bond acceptors (Lipinski definition) is 4. The highest BCUT2D eigenvalue weighted by Crippen LogP contribution is 2.28. The maximum atomic E-state index is 13.6. The molecule has 1 fully saturated rings. The van der Waals surface area contributed by atoms with Crippen molar-refractivity contribution in [2.45, 2.75) is 51.5 Å². The lowest BCUT2D eigenvalue weighted by Crippen LogP contribution is -2.42. The van der Waals surface area contributed by atoms with Crippen molar-refractivity contribution in [2.24, 2.45) is 5.92 Å². The van der Waals surface area contributed by atoms with Gasteiger partial charge in [-0.25, -0.2) is 8.42 Å². The summed E-state index contributed by atoms with van der Waals surface area (Å²) in [6, 6.07) is 21.8. The fraction of sp³-hybridized carbons (Fsp3) is 0.367. The first-order valence-corrected chi connectivity index (χ1v) is 14.4. The summed E-state index contributed by atoms with van der Waals surface area (Å²) in [7, 11) is -3.94. The van der Waals surface area contributed by atoms with E-state index >= 15 is 0 Å². The van der Waals surface area contributed by atoms with Gasteiger partial charge in [-0.3, -0.25) is 9.10 Å². The molecule has 3 aromatic carbocycles. The lowest BCUT2D eigenvalue weighted by molar-refractivity contribution is -0.120. The van der Waals surface area contributed by atoms with E-state index in [0.29, 0.717) is 11.6 Å². The second-order valence-electron chi connectivity index (χ2n) is 10.2. The highest BCUT2D eigenvalue weighted by molar-refractivity contribution is 7.92. The highest BCUT2D eigenvalue weighted by Gasteiger charge is 2.28. The molecule has 1 amide bonds. The van der Waals surface area contributed by atoms with Gasteiger partial charge in [-0.2, -0.15) is 0 Å². The lowest BCUT2D eigenvalue weighted by atomic mass is 9.99. The Hall–Kier alpha value is -3.32. The van der Waals surface area contributed by atoms with Crippen LogP contribution in [0.2, 0.25) is 0 Å². The van der Waals surface area contributed by atoms with Gasteiger partial charge in [-0.15, -0.1) is 0 Å². The van der Waals surface area contributed by atoms with E-state index in [-0.39, 0.29) is 23.4 Å². The van der Waals surface area contributed by atoms with E-state index < -0.39 is 10.0 Å². The van der Waals surface area contributed by atoms with Crippen molar-refractivity contribution in [3.8, 4) is 0 Å². The van der Waals surface area contributed by atoms with Gasteiger partial charge in [-0.1, -0.05) is 55.0 Å². The Balaban J connectivity index is 1.51. The van der Waals surface area contributed by atoms with Crippen LogP contribution in [0.1, 0.15) is 49.4 Å². The summed E-state index contributed by atoms with van der Waals surface area (Å²) < 4.78 is 28.4. The van der Waals surface area contributed by atoms with Gasteiger partial charge < -0.3 is 10.2 Å². The third kappa shape index (κ3) is 6.34. The first-order chi connectivity index (χ1) is 17.6. The van der Waals surface area contributed by atoms with E-state index in [1.54, 1.807) is 36.4 Å². The van der Waals surface area contributed by atoms with Gasteiger partial charge in [0.25, 0.3) is 10.0 Å². The number of benzene rings is 3. The third-order valence-corrected chi connectivity index (χ3v) is 8.81. The standard InChI is InChI=1S/C30H37N3O3S/c1-22-12-17-29(24(3)19-22)33(37(35,36)28-10-6-5-7-11-28)21-30(34)31-25(4)26-13-15-27(16-14-26)32-18-8-9-23(2)20-32/h5-7,10-17,19,23,25H,8-9,18,20-21H2,1-4H3,(H,31,34). The third-order valence-electron chi connectivity index (χ3n) is 7.03. The lowest BCUT2D eigenvalue weighted by Gasteiger charge is -2.33. The maximum Gasteiger partial charge on any atom is 0.264 e. The van der Waals surface area contributed by atoms with E-state index in [9.17, 15) is 13.2 Å². The molecule has 1 aliphatic rings. The summed E-state index contributed by atoms with van der Waals surface area (Å²) in [5.41, 5.74) is 4.49. The Bertz CT molecular complexity index is 1320. The molecule has 0 bridgehead atoms. The van der Waals surface area contributed by atoms with E-state index in [2.05, 4.69) is 29.3 Å². The number of nitrogens with zero attached hydrogens (tertiary/aromatic N) is 2. The molecule has 1 heterocycles. The first-order valence-electron chi connectivity index (χ1n) is 12.9. The van der Waals surface area contributed by atoms with Crippen LogP contribution in [-0.4, -0.2) is 34.0 Å². The predicted molar refractivity (Wildman–Crippen MR) is 151 cm³/mol. The van der Waals surface area contributed by atoms with Crippen LogP contribution in [0.15, 0.2) is 77.7 Å². The molecule has 1 aliphatic heterocycles. The Kier molecular flexibility index (Phi) is 8.22. The summed E-state index contributed by atoms with van der Waals surface area (Å²) in [6.07, 6.45) is 2.48. The largest absolute Gasteiger partial charge is 0.371 e. The van der Waals surface area contributed by atoms with Gasteiger partial charge in [0.05, 0.1) is 16.6 Å².